The highest BCUT2D eigenvalue weighted by atomic mass is 16.2. The molecule has 1 aromatic rings. The molecule has 4 amide bonds. The molecule has 19 heavy (non-hydrogen) atoms. The summed E-state index contributed by atoms with van der Waals surface area (Å²) in [4.78, 5) is 40.6. The van der Waals surface area contributed by atoms with Gasteiger partial charge in [-0.05, 0) is 23.6 Å². The topological polar surface area (TPSA) is 79.4 Å². The molecule has 0 bridgehead atoms. The first kappa shape index (κ1) is 13.2. The Balaban J connectivity index is 2.22. The molecular weight excluding hydrogens is 246 g/mol. The van der Waals surface area contributed by atoms with Crippen LogP contribution in [0.3, 0.4) is 0 Å². The van der Waals surface area contributed by atoms with Crippen molar-refractivity contribution in [2.75, 3.05) is 0 Å². The second-order valence-corrected chi connectivity index (χ2v) is 4.80. The van der Waals surface area contributed by atoms with Crippen molar-refractivity contribution in [1.29, 1.82) is 0 Å². The summed E-state index contributed by atoms with van der Waals surface area (Å²) in [6, 6.07) is 2.78. The van der Waals surface area contributed by atoms with Gasteiger partial charge in [-0.2, -0.15) is 0 Å². The van der Waals surface area contributed by atoms with E-state index >= 15 is 0 Å². The lowest BCUT2D eigenvalue weighted by atomic mass is 9.92. The van der Waals surface area contributed by atoms with Crippen LogP contribution in [0.15, 0.2) is 24.5 Å². The molecule has 100 valence electrons. The SMILES string of the molecule is CC(C)C1C(=O)NC(=O)N(Cc2ccncc2)C1=O. The maximum Gasteiger partial charge on any atom is 0.331 e. The normalized spacial score (nSPS) is 19.8. The monoisotopic (exact) mass is 261 g/mol. The molecule has 1 aliphatic rings. The predicted molar refractivity (Wildman–Crippen MR) is 66.7 cm³/mol. The van der Waals surface area contributed by atoms with Gasteiger partial charge >= 0.3 is 6.03 Å². The number of hydrogen-bond acceptors (Lipinski definition) is 4. The van der Waals surface area contributed by atoms with Crippen LogP contribution in [0.5, 0.6) is 0 Å². The standard InChI is InChI=1S/C13H15N3O3/c1-8(2)10-11(17)15-13(19)16(12(10)18)7-9-3-5-14-6-4-9/h3-6,8,10H,7H2,1-2H3,(H,15,17,19). The zero-order valence-electron chi connectivity index (χ0n) is 10.8. The Morgan fingerprint density at radius 3 is 2.47 bits per heavy atom. The lowest BCUT2D eigenvalue weighted by Gasteiger charge is -2.31. The average Bonchev–Trinajstić information content (AvgIpc) is 2.35. The lowest BCUT2D eigenvalue weighted by molar-refractivity contribution is -0.144. The highest BCUT2D eigenvalue weighted by Crippen LogP contribution is 2.20. The average molecular weight is 261 g/mol. The molecule has 1 aromatic heterocycles. The van der Waals surface area contributed by atoms with Crippen molar-refractivity contribution in [3.8, 4) is 0 Å². The highest BCUT2D eigenvalue weighted by Gasteiger charge is 2.41. The van der Waals surface area contributed by atoms with Crippen molar-refractivity contribution in [2.24, 2.45) is 11.8 Å². The lowest BCUT2D eigenvalue weighted by Crippen LogP contribution is -2.58. The Morgan fingerprint density at radius 2 is 1.89 bits per heavy atom. The maximum absolute atomic E-state index is 12.2. The Bertz CT molecular complexity index is 513. The molecule has 2 heterocycles. The number of carbonyl (C=O) groups excluding carboxylic acids is 3. The van der Waals surface area contributed by atoms with Gasteiger partial charge in [-0.25, -0.2) is 4.79 Å². The molecule has 1 unspecified atom stereocenters. The third-order valence-corrected chi connectivity index (χ3v) is 3.05. The van der Waals surface area contributed by atoms with Crippen LogP contribution in [0.25, 0.3) is 0 Å². The van der Waals surface area contributed by atoms with Crippen molar-refractivity contribution in [3.05, 3.63) is 30.1 Å². The van der Waals surface area contributed by atoms with Crippen LogP contribution in [-0.2, 0) is 16.1 Å². The first-order chi connectivity index (χ1) is 9.00. The van der Waals surface area contributed by atoms with Gasteiger partial charge in [-0.3, -0.25) is 24.8 Å². The van der Waals surface area contributed by atoms with Gasteiger partial charge in [0.1, 0.15) is 5.92 Å². The van der Waals surface area contributed by atoms with E-state index in [2.05, 4.69) is 10.3 Å². The summed E-state index contributed by atoms with van der Waals surface area (Å²) in [5.74, 6) is -1.92. The van der Waals surface area contributed by atoms with Crippen molar-refractivity contribution >= 4 is 17.8 Å². The van der Waals surface area contributed by atoms with Crippen LogP contribution in [0.2, 0.25) is 0 Å². The first-order valence-corrected chi connectivity index (χ1v) is 6.06. The number of imide groups is 2. The predicted octanol–water partition coefficient (Wildman–Crippen LogP) is 0.932. The molecule has 0 radical (unpaired) electrons. The van der Waals surface area contributed by atoms with Crippen LogP contribution in [0.4, 0.5) is 4.79 Å². The zero-order chi connectivity index (χ0) is 14.0. The fourth-order valence-corrected chi connectivity index (χ4v) is 2.04. The van der Waals surface area contributed by atoms with Crippen LogP contribution in [-0.4, -0.2) is 27.7 Å². The number of amides is 4. The van der Waals surface area contributed by atoms with Gasteiger partial charge in [0.05, 0.1) is 6.54 Å². The van der Waals surface area contributed by atoms with E-state index in [-0.39, 0.29) is 12.5 Å². The maximum atomic E-state index is 12.2. The van der Waals surface area contributed by atoms with Gasteiger partial charge < -0.3 is 0 Å². The van der Waals surface area contributed by atoms with Crippen molar-refractivity contribution in [1.82, 2.24) is 15.2 Å². The number of rotatable bonds is 3. The van der Waals surface area contributed by atoms with Gasteiger partial charge in [-0.1, -0.05) is 13.8 Å². The van der Waals surface area contributed by atoms with E-state index in [1.807, 2.05) is 0 Å². The number of urea groups is 1. The van der Waals surface area contributed by atoms with Gasteiger partial charge in [0.2, 0.25) is 11.8 Å². The summed E-state index contributed by atoms with van der Waals surface area (Å²) in [5, 5.41) is 2.22. The molecule has 1 N–H and O–H groups in total. The van der Waals surface area contributed by atoms with E-state index in [1.165, 1.54) is 0 Å². The Hall–Kier alpha value is -2.24. The van der Waals surface area contributed by atoms with Gasteiger partial charge in [0.25, 0.3) is 0 Å². The Labute approximate surface area is 110 Å². The number of barbiturate groups is 1. The zero-order valence-corrected chi connectivity index (χ0v) is 10.8. The number of nitrogens with zero attached hydrogens (tertiary/aromatic N) is 2. The van der Waals surface area contributed by atoms with E-state index in [4.69, 9.17) is 0 Å². The number of nitrogens with one attached hydrogen (secondary N) is 1. The third-order valence-electron chi connectivity index (χ3n) is 3.05. The minimum absolute atomic E-state index is 0.143. The van der Waals surface area contributed by atoms with Crippen LogP contribution < -0.4 is 5.32 Å². The van der Waals surface area contributed by atoms with E-state index in [0.717, 1.165) is 10.5 Å². The molecule has 1 atom stereocenters. The van der Waals surface area contributed by atoms with Crippen molar-refractivity contribution < 1.29 is 14.4 Å². The number of pyridine rings is 1. The quantitative estimate of drug-likeness (QED) is 0.821. The molecule has 2 rings (SSSR count). The fraction of sp³-hybridized carbons (Fsp3) is 0.385. The minimum Gasteiger partial charge on any atom is -0.277 e. The second kappa shape index (κ2) is 5.17. The first-order valence-electron chi connectivity index (χ1n) is 6.06. The molecule has 1 fully saturated rings. The summed E-state index contributed by atoms with van der Waals surface area (Å²) >= 11 is 0. The van der Waals surface area contributed by atoms with Crippen LogP contribution in [0, 0.1) is 11.8 Å². The summed E-state index contributed by atoms with van der Waals surface area (Å²) in [7, 11) is 0. The molecule has 1 saturated heterocycles. The van der Waals surface area contributed by atoms with Crippen LogP contribution in [0.1, 0.15) is 19.4 Å². The fourth-order valence-electron chi connectivity index (χ4n) is 2.04. The largest absolute Gasteiger partial charge is 0.331 e. The molecular formula is C13H15N3O3. The van der Waals surface area contributed by atoms with E-state index in [9.17, 15) is 14.4 Å². The Morgan fingerprint density at radius 1 is 1.26 bits per heavy atom. The summed E-state index contributed by atoms with van der Waals surface area (Å²) < 4.78 is 0. The molecule has 0 aliphatic carbocycles. The third kappa shape index (κ3) is 2.62. The van der Waals surface area contributed by atoms with Gasteiger partial charge in [0, 0.05) is 12.4 Å². The summed E-state index contributed by atoms with van der Waals surface area (Å²) in [6.45, 7) is 3.70. The minimum atomic E-state index is -0.806. The second-order valence-electron chi connectivity index (χ2n) is 4.80. The van der Waals surface area contributed by atoms with E-state index < -0.39 is 23.8 Å². The number of hydrogen-bond donors (Lipinski definition) is 1. The summed E-state index contributed by atoms with van der Waals surface area (Å²) in [6.07, 6.45) is 3.18. The van der Waals surface area contributed by atoms with Crippen LogP contribution >= 0.6 is 0 Å². The number of carbonyl (C=O) groups is 3. The van der Waals surface area contributed by atoms with E-state index in [1.54, 1.807) is 38.4 Å². The smallest absolute Gasteiger partial charge is 0.277 e. The molecule has 0 spiro atoms. The Kier molecular flexibility index (Phi) is 3.59. The van der Waals surface area contributed by atoms with E-state index in [0.29, 0.717) is 0 Å². The summed E-state index contributed by atoms with van der Waals surface area (Å²) in [5.41, 5.74) is 0.787. The van der Waals surface area contributed by atoms with Gasteiger partial charge in [-0.15, -0.1) is 0 Å². The molecule has 0 saturated carbocycles. The molecule has 1 aliphatic heterocycles. The molecule has 0 aromatic carbocycles. The van der Waals surface area contributed by atoms with Crippen molar-refractivity contribution in [3.63, 3.8) is 0 Å². The molecule has 6 nitrogen and oxygen atoms in total. The highest BCUT2D eigenvalue weighted by molar-refractivity contribution is 6.16. The van der Waals surface area contributed by atoms with Gasteiger partial charge in [0.15, 0.2) is 0 Å². The van der Waals surface area contributed by atoms with Crippen molar-refractivity contribution in [2.45, 2.75) is 20.4 Å². The molecule has 6 heteroatoms. The number of aromatic nitrogens is 1.